The summed E-state index contributed by atoms with van der Waals surface area (Å²) in [4.78, 5) is 0. The lowest BCUT2D eigenvalue weighted by atomic mass is 9.97. The zero-order valence-electron chi connectivity index (χ0n) is 6.03. The highest BCUT2D eigenvalue weighted by Crippen LogP contribution is 2.24. The van der Waals surface area contributed by atoms with Crippen LogP contribution in [0.25, 0.3) is 0 Å². The van der Waals surface area contributed by atoms with Gasteiger partial charge < -0.3 is 5.11 Å². The van der Waals surface area contributed by atoms with E-state index in [0.29, 0.717) is 12.8 Å². The summed E-state index contributed by atoms with van der Waals surface area (Å²) >= 11 is 0. The maximum absolute atomic E-state index is 12.3. The van der Waals surface area contributed by atoms with Crippen LogP contribution < -0.4 is 0 Å². The summed E-state index contributed by atoms with van der Waals surface area (Å²) in [5.41, 5.74) is 0. The molecule has 1 fully saturated rings. The topological polar surface area (TPSA) is 54.4 Å². The quantitative estimate of drug-likeness (QED) is 0.604. The summed E-state index contributed by atoms with van der Waals surface area (Å²) in [5.74, 6) is 0. The van der Waals surface area contributed by atoms with E-state index in [9.17, 15) is 12.3 Å². The maximum Gasteiger partial charge on any atom is 0.307 e. The summed E-state index contributed by atoms with van der Waals surface area (Å²) in [6.07, 6.45) is 1.12. The van der Waals surface area contributed by atoms with Crippen LogP contribution in [0.1, 0.15) is 25.7 Å². The molecule has 11 heavy (non-hydrogen) atoms. The van der Waals surface area contributed by atoms with Gasteiger partial charge in [0.2, 0.25) is 0 Å². The molecule has 1 aliphatic rings. The highest BCUT2D eigenvalue weighted by Gasteiger charge is 2.34. The molecule has 0 aliphatic heterocycles. The number of aliphatic hydroxyl groups is 1. The standard InChI is InChI=1S/C6H11FO3S/c7-11(9,10)6-4-2-1-3-5(6)8/h5-6,8H,1-4H2. The zero-order chi connectivity index (χ0) is 8.48. The van der Waals surface area contributed by atoms with Crippen LogP contribution in [0.2, 0.25) is 0 Å². The van der Waals surface area contributed by atoms with E-state index >= 15 is 0 Å². The van der Waals surface area contributed by atoms with Gasteiger partial charge >= 0.3 is 10.2 Å². The lowest BCUT2D eigenvalue weighted by Gasteiger charge is -2.23. The smallest absolute Gasteiger partial charge is 0.307 e. The van der Waals surface area contributed by atoms with E-state index in [1.165, 1.54) is 0 Å². The first-order chi connectivity index (χ1) is 5.02. The van der Waals surface area contributed by atoms with Crippen LogP contribution in [0.3, 0.4) is 0 Å². The molecule has 0 aromatic rings. The second kappa shape index (κ2) is 3.06. The molecule has 5 heteroatoms. The van der Waals surface area contributed by atoms with E-state index in [1.54, 1.807) is 0 Å². The molecule has 1 aliphatic carbocycles. The summed E-state index contributed by atoms with van der Waals surface area (Å²) in [5, 5.41) is 7.92. The van der Waals surface area contributed by atoms with Gasteiger partial charge in [-0.25, -0.2) is 0 Å². The molecule has 0 heterocycles. The van der Waals surface area contributed by atoms with Gasteiger partial charge in [0.25, 0.3) is 0 Å². The van der Waals surface area contributed by atoms with E-state index in [0.717, 1.165) is 6.42 Å². The van der Waals surface area contributed by atoms with Gasteiger partial charge in [-0.05, 0) is 12.8 Å². The summed E-state index contributed by atoms with van der Waals surface area (Å²) in [6.45, 7) is 0. The molecule has 66 valence electrons. The molecule has 1 saturated carbocycles. The van der Waals surface area contributed by atoms with Crippen LogP contribution in [0.5, 0.6) is 0 Å². The Bertz CT molecular complexity index is 224. The van der Waals surface area contributed by atoms with Crippen molar-refractivity contribution in [1.29, 1.82) is 0 Å². The van der Waals surface area contributed by atoms with E-state index in [-0.39, 0.29) is 6.42 Å². The Morgan fingerprint density at radius 3 is 2.18 bits per heavy atom. The average molecular weight is 182 g/mol. The molecule has 2 atom stereocenters. The highest BCUT2D eigenvalue weighted by atomic mass is 32.3. The third-order valence-electron chi connectivity index (χ3n) is 2.03. The maximum atomic E-state index is 12.3. The van der Waals surface area contributed by atoms with Gasteiger partial charge in [-0.3, -0.25) is 0 Å². The van der Waals surface area contributed by atoms with Crippen molar-refractivity contribution >= 4 is 10.2 Å². The lowest BCUT2D eigenvalue weighted by Crippen LogP contribution is -2.34. The Morgan fingerprint density at radius 1 is 1.27 bits per heavy atom. The number of rotatable bonds is 1. The highest BCUT2D eigenvalue weighted by molar-refractivity contribution is 7.87. The van der Waals surface area contributed by atoms with Crippen LogP contribution in [0.4, 0.5) is 3.89 Å². The fraction of sp³-hybridized carbons (Fsp3) is 1.00. The molecule has 0 spiro atoms. The molecule has 1 N–H and O–H groups in total. The molecule has 0 bridgehead atoms. The van der Waals surface area contributed by atoms with Crippen LogP contribution in [0.15, 0.2) is 0 Å². The Morgan fingerprint density at radius 2 is 1.82 bits per heavy atom. The molecule has 0 aromatic carbocycles. The van der Waals surface area contributed by atoms with Gasteiger partial charge in [0.1, 0.15) is 5.25 Å². The molecule has 0 aromatic heterocycles. The van der Waals surface area contributed by atoms with Gasteiger partial charge in [-0.1, -0.05) is 12.8 Å². The van der Waals surface area contributed by atoms with E-state index in [1.807, 2.05) is 0 Å². The monoisotopic (exact) mass is 182 g/mol. The molecule has 3 nitrogen and oxygen atoms in total. The molecular weight excluding hydrogens is 171 g/mol. The number of halogens is 1. The Labute approximate surface area is 65.4 Å². The van der Waals surface area contributed by atoms with Crippen molar-refractivity contribution in [2.45, 2.75) is 37.0 Å². The van der Waals surface area contributed by atoms with Crippen molar-refractivity contribution in [2.75, 3.05) is 0 Å². The number of hydrogen-bond acceptors (Lipinski definition) is 3. The van der Waals surface area contributed by atoms with Crippen LogP contribution in [-0.4, -0.2) is 24.9 Å². The van der Waals surface area contributed by atoms with E-state index in [2.05, 4.69) is 0 Å². The summed E-state index contributed by atoms with van der Waals surface area (Å²) < 4.78 is 33.1. The van der Waals surface area contributed by atoms with E-state index in [4.69, 9.17) is 5.11 Å². The minimum atomic E-state index is -4.53. The molecule has 0 radical (unpaired) electrons. The predicted octanol–water partition coefficient (Wildman–Crippen LogP) is 0.589. The van der Waals surface area contributed by atoms with Crippen molar-refractivity contribution in [3.05, 3.63) is 0 Å². The SMILES string of the molecule is O=S(=O)(F)C1CCCCC1O. The van der Waals surface area contributed by atoms with Gasteiger partial charge in [0.15, 0.2) is 0 Å². The van der Waals surface area contributed by atoms with Crippen molar-refractivity contribution in [2.24, 2.45) is 0 Å². The van der Waals surface area contributed by atoms with Crippen molar-refractivity contribution in [3.8, 4) is 0 Å². The van der Waals surface area contributed by atoms with Gasteiger partial charge in [-0.15, -0.1) is 3.89 Å². The Balaban J connectivity index is 2.70. The van der Waals surface area contributed by atoms with Gasteiger partial charge in [0.05, 0.1) is 6.10 Å². The molecular formula is C6H11FO3S. The van der Waals surface area contributed by atoms with Crippen molar-refractivity contribution in [3.63, 3.8) is 0 Å². The third-order valence-corrected chi connectivity index (χ3v) is 3.30. The molecule has 1 rings (SSSR count). The zero-order valence-corrected chi connectivity index (χ0v) is 6.85. The molecule has 2 unspecified atom stereocenters. The minimum absolute atomic E-state index is 0.250. The fourth-order valence-electron chi connectivity index (χ4n) is 1.41. The molecule has 0 saturated heterocycles. The lowest BCUT2D eigenvalue weighted by molar-refractivity contribution is 0.131. The second-order valence-electron chi connectivity index (χ2n) is 2.87. The second-order valence-corrected chi connectivity index (χ2v) is 4.42. The van der Waals surface area contributed by atoms with Crippen LogP contribution in [0, 0.1) is 0 Å². The number of aliphatic hydroxyl groups excluding tert-OH is 1. The predicted molar refractivity (Wildman–Crippen MR) is 38.3 cm³/mol. The normalized spacial score (nSPS) is 33.6. The van der Waals surface area contributed by atoms with E-state index < -0.39 is 21.6 Å². The number of hydrogen-bond donors (Lipinski definition) is 1. The third kappa shape index (κ3) is 2.13. The van der Waals surface area contributed by atoms with Gasteiger partial charge in [0, 0.05) is 0 Å². The van der Waals surface area contributed by atoms with Crippen LogP contribution in [-0.2, 0) is 10.2 Å². The first-order valence-electron chi connectivity index (χ1n) is 3.63. The first-order valence-corrected chi connectivity index (χ1v) is 5.08. The fourth-order valence-corrected chi connectivity index (χ4v) is 2.37. The Kier molecular flexibility index (Phi) is 2.49. The first kappa shape index (κ1) is 8.93. The Hall–Kier alpha value is -0.160. The minimum Gasteiger partial charge on any atom is -0.392 e. The average Bonchev–Trinajstić information content (AvgIpc) is 1.86. The summed E-state index contributed by atoms with van der Waals surface area (Å²) in [7, 11) is -4.53. The van der Waals surface area contributed by atoms with Crippen molar-refractivity contribution in [1.82, 2.24) is 0 Å². The van der Waals surface area contributed by atoms with Gasteiger partial charge in [-0.2, -0.15) is 8.42 Å². The summed E-state index contributed by atoms with van der Waals surface area (Å²) in [6, 6.07) is 0. The molecule has 0 amide bonds. The largest absolute Gasteiger partial charge is 0.392 e. The van der Waals surface area contributed by atoms with Crippen LogP contribution >= 0.6 is 0 Å². The van der Waals surface area contributed by atoms with Crippen molar-refractivity contribution < 1.29 is 17.4 Å².